The minimum absolute atomic E-state index is 0.0714. The highest BCUT2D eigenvalue weighted by atomic mass is 31.2. The Kier molecular flexibility index (Phi) is 8.85. The molecule has 0 amide bonds. The largest absolute Gasteiger partial charge is 0.587 e. The lowest BCUT2D eigenvalue weighted by Crippen LogP contribution is -2.54. The van der Waals surface area contributed by atoms with Crippen molar-refractivity contribution in [1.82, 2.24) is 0 Å². The van der Waals surface area contributed by atoms with Gasteiger partial charge in [0.15, 0.2) is 0 Å². The van der Waals surface area contributed by atoms with Crippen molar-refractivity contribution < 1.29 is 23.2 Å². The fraction of sp³-hybridized carbons (Fsp3) is 0.667. The summed E-state index contributed by atoms with van der Waals surface area (Å²) in [5.74, 6) is 5.52. The number of phosphoric ester groups is 1. The molecule has 1 N–H and O–H groups in total. The first-order valence-corrected chi connectivity index (χ1v) is 18.1. The number of phosphoric acid groups is 1. The fourth-order valence-electron chi connectivity index (χ4n) is 10.3. The Labute approximate surface area is 253 Å². The van der Waals surface area contributed by atoms with Gasteiger partial charge < -0.3 is 14.2 Å². The van der Waals surface area contributed by atoms with Crippen molar-refractivity contribution in [2.24, 2.45) is 46.3 Å². The zero-order valence-electron chi connectivity index (χ0n) is 25.8. The van der Waals surface area contributed by atoms with Crippen LogP contribution in [0.2, 0.25) is 0 Å². The van der Waals surface area contributed by atoms with E-state index in [0.717, 1.165) is 55.3 Å². The average molecular weight is 595 g/mol. The van der Waals surface area contributed by atoms with E-state index < -0.39 is 7.82 Å². The lowest BCUT2D eigenvalue weighted by Gasteiger charge is -2.61. The quantitative estimate of drug-likeness (QED) is 0.219. The first kappa shape index (κ1) is 30.2. The van der Waals surface area contributed by atoms with Gasteiger partial charge in [0.25, 0.3) is 0 Å². The molecule has 0 radical (unpaired) electrons. The minimum Gasteiger partial charge on any atom is -0.395 e. The van der Waals surface area contributed by atoms with E-state index in [0.29, 0.717) is 34.9 Å². The lowest BCUT2D eigenvalue weighted by atomic mass is 9.44. The van der Waals surface area contributed by atoms with Crippen LogP contribution in [0.4, 0.5) is 0 Å². The molecule has 0 heterocycles. The number of hydrogen-bond donors (Lipinski definition) is 1. The summed E-state index contributed by atoms with van der Waals surface area (Å²) < 4.78 is 31.2. The van der Waals surface area contributed by atoms with E-state index in [1.54, 1.807) is 24.3 Å². The predicted octanol–water partition coefficient (Wildman–Crippen LogP) is 9.71. The summed E-state index contributed by atoms with van der Waals surface area (Å²) in [5.41, 5.74) is 0.850. The molecule has 0 aromatic heterocycles. The van der Waals surface area contributed by atoms with Crippen molar-refractivity contribution >= 4 is 7.82 Å². The summed E-state index contributed by atoms with van der Waals surface area (Å²) in [5, 5.41) is 10.4. The van der Waals surface area contributed by atoms with Crippen molar-refractivity contribution in [3.63, 3.8) is 0 Å². The summed E-state index contributed by atoms with van der Waals surface area (Å²) in [4.78, 5) is 0. The molecular weight excluding hydrogens is 543 g/mol. The van der Waals surface area contributed by atoms with Gasteiger partial charge in [-0.15, -0.1) is 0 Å². The Morgan fingerprint density at radius 1 is 0.833 bits per heavy atom. The second-order valence-corrected chi connectivity index (χ2v) is 16.0. The van der Waals surface area contributed by atoms with Crippen LogP contribution in [0.3, 0.4) is 0 Å². The molecule has 3 unspecified atom stereocenters. The van der Waals surface area contributed by atoms with E-state index in [-0.39, 0.29) is 6.10 Å². The number of rotatable bonds is 10. The molecule has 230 valence electrons. The second kappa shape index (κ2) is 12.3. The summed E-state index contributed by atoms with van der Waals surface area (Å²) >= 11 is 0. The van der Waals surface area contributed by atoms with Gasteiger partial charge in [-0.3, -0.25) is 4.52 Å². The minimum atomic E-state index is -3.84. The van der Waals surface area contributed by atoms with Crippen LogP contribution in [0.1, 0.15) is 91.4 Å². The van der Waals surface area contributed by atoms with E-state index in [4.69, 9.17) is 13.6 Å². The van der Waals surface area contributed by atoms with Gasteiger partial charge in [0.1, 0.15) is 11.5 Å². The van der Waals surface area contributed by atoms with E-state index in [9.17, 15) is 9.67 Å². The molecule has 2 aromatic rings. The molecule has 4 saturated carbocycles. The molecule has 6 rings (SSSR count). The first-order valence-electron chi connectivity index (χ1n) is 16.6. The number of para-hydroxylation sites is 2. The highest BCUT2D eigenvalue weighted by molar-refractivity contribution is 7.49. The summed E-state index contributed by atoms with van der Waals surface area (Å²) in [6, 6.07) is 18.2. The normalized spacial score (nSPS) is 36.8. The average Bonchev–Trinajstić information content (AvgIpc) is 3.34. The van der Waals surface area contributed by atoms with E-state index in [1.807, 2.05) is 36.4 Å². The molecule has 0 aliphatic heterocycles. The molecule has 6 heteroatoms. The zero-order chi connectivity index (χ0) is 29.4. The molecule has 42 heavy (non-hydrogen) atoms. The Hall–Kier alpha value is -1.81. The fourth-order valence-corrected chi connectivity index (χ4v) is 11.5. The number of fused-ring (bicyclic) bond motifs is 5. The summed E-state index contributed by atoms with van der Waals surface area (Å²) in [6.45, 7) is 7.98. The topological polar surface area (TPSA) is 65.0 Å². The maximum atomic E-state index is 13.7. The van der Waals surface area contributed by atoms with Gasteiger partial charge in [0, 0.05) is 0 Å². The van der Waals surface area contributed by atoms with Gasteiger partial charge >= 0.3 is 7.82 Å². The summed E-state index contributed by atoms with van der Waals surface area (Å²) in [6.07, 6.45) is 13.2. The first-order chi connectivity index (χ1) is 20.2. The van der Waals surface area contributed by atoms with Crippen LogP contribution in [0.15, 0.2) is 60.7 Å². The molecule has 0 saturated heterocycles. The Morgan fingerprint density at radius 3 is 2.12 bits per heavy atom. The maximum Gasteiger partial charge on any atom is 0.587 e. The third kappa shape index (κ3) is 5.95. The van der Waals surface area contributed by atoms with Gasteiger partial charge in [-0.2, -0.15) is 0 Å². The molecule has 9 atom stereocenters. The van der Waals surface area contributed by atoms with E-state index >= 15 is 0 Å². The lowest BCUT2D eigenvalue weighted by molar-refractivity contribution is -0.129. The van der Waals surface area contributed by atoms with E-state index in [2.05, 4.69) is 20.8 Å². The molecule has 0 bridgehead atoms. The maximum absolute atomic E-state index is 13.7. The number of aliphatic hydroxyl groups is 1. The highest BCUT2D eigenvalue weighted by Crippen LogP contribution is 2.68. The Balaban J connectivity index is 1.06. The number of benzene rings is 2. The van der Waals surface area contributed by atoms with Crippen LogP contribution in [0.25, 0.3) is 0 Å². The van der Waals surface area contributed by atoms with Gasteiger partial charge in [0.05, 0.1) is 12.7 Å². The molecule has 0 spiro atoms. The molecule has 4 aliphatic carbocycles. The molecule has 4 fully saturated rings. The van der Waals surface area contributed by atoms with Gasteiger partial charge in [-0.25, -0.2) is 4.57 Å². The van der Waals surface area contributed by atoms with Crippen molar-refractivity contribution in [1.29, 1.82) is 0 Å². The zero-order valence-corrected chi connectivity index (χ0v) is 26.7. The summed E-state index contributed by atoms with van der Waals surface area (Å²) in [7, 11) is -3.84. The predicted molar refractivity (Wildman–Crippen MR) is 167 cm³/mol. The van der Waals surface area contributed by atoms with Crippen LogP contribution in [0.5, 0.6) is 11.5 Å². The Morgan fingerprint density at radius 2 is 1.45 bits per heavy atom. The SMILES string of the molecule is C[C@H](CCCOP(=O)(Oc1ccccc1)Oc1ccccc1)C1CC[C@H]2C3CC[C@@H]4C[C@H](O)CC[C@]4(C)C3CC[C@]12C. The van der Waals surface area contributed by atoms with Crippen molar-refractivity contribution in [2.75, 3.05) is 6.61 Å². The van der Waals surface area contributed by atoms with Crippen LogP contribution in [0, 0.1) is 46.3 Å². The van der Waals surface area contributed by atoms with Crippen LogP contribution >= 0.6 is 7.82 Å². The van der Waals surface area contributed by atoms with Crippen LogP contribution in [-0.4, -0.2) is 17.8 Å². The number of hydrogen-bond acceptors (Lipinski definition) is 5. The van der Waals surface area contributed by atoms with Gasteiger partial charge in [-0.1, -0.05) is 57.2 Å². The van der Waals surface area contributed by atoms with Gasteiger partial charge in [-0.05, 0) is 141 Å². The highest BCUT2D eigenvalue weighted by Gasteiger charge is 2.60. The third-order valence-corrected chi connectivity index (χ3v) is 13.7. The van der Waals surface area contributed by atoms with Crippen molar-refractivity contribution in [2.45, 2.75) is 97.5 Å². The Bertz CT molecular complexity index is 1180. The van der Waals surface area contributed by atoms with Crippen LogP contribution in [-0.2, 0) is 9.09 Å². The molecule has 2 aromatic carbocycles. The monoisotopic (exact) mass is 594 g/mol. The molecule has 5 nitrogen and oxygen atoms in total. The molecular formula is C36H51O5P. The molecule has 4 aliphatic rings. The second-order valence-electron chi connectivity index (χ2n) is 14.5. The van der Waals surface area contributed by atoms with Crippen molar-refractivity contribution in [3.8, 4) is 11.5 Å². The smallest absolute Gasteiger partial charge is 0.395 e. The van der Waals surface area contributed by atoms with E-state index in [1.165, 1.54) is 44.9 Å². The van der Waals surface area contributed by atoms with Gasteiger partial charge in [0.2, 0.25) is 0 Å². The standard InChI is InChI=1S/C36H51O5P/c1-26(11-10-24-39-42(38,40-29-12-6-4-7-13-29)41-30-14-8-5-9-15-30)32-18-19-33-31-17-16-27-25-28(37)20-22-35(27,2)34(31)21-23-36(32,33)3/h4-9,12-15,26-28,31-34,37H,10-11,16-25H2,1-3H3/t26-,27-,28-,31?,32?,33+,34?,35+,36-/m1/s1. The third-order valence-electron chi connectivity index (χ3n) is 12.4. The number of aliphatic hydroxyl groups excluding tert-OH is 1. The van der Waals surface area contributed by atoms with Crippen molar-refractivity contribution in [3.05, 3.63) is 60.7 Å². The van der Waals surface area contributed by atoms with Crippen LogP contribution < -0.4 is 9.05 Å².